The molecule has 0 fully saturated rings. The van der Waals surface area contributed by atoms with Crippen molar-refractivity contribution < 1.29 is 13.2 Å². The second kappa shape index (κ2) is 6.56. The molecule has 4 nitrogen and oxygen atoms in total. The lowest BCUT2D eigenvalue weighted by Crippen LogP contribution is -2.32. The summed E-state index contributed by atoms with van der Waals surface area (Å²) in [5.41, 5.74) is 1.98. The maximum atomic E-state index is 11.5. The molecule has 2 atom stereocenters. The molecule has 128 valence electrons. The molecule has 0 aliphatic heterocycles. The molecule has 0 amide bonds. The van der Waals surface area contributed by atoms with Crippen molar-refractivity contribution in [3.8, 4) is 5.75 Å². The first-order valence-corrected chi connectivity index (χ1v) is 10.1. The fraction of sp³-hybridized carbons (Fsp3) is 0.294. The Labute approximate surface area is 151 Å². The summed E-state index contributed by atoms with van der Waals surface area (Å²) in [5, 5.41) is 4.44. The second-order valence-electron chi connectivity index (χ2n) is 5.84. The molecule has 1 aliphatic rings. The van der Waals surface area contributed by atoms with Crippen LogP contribution in [0, 0.1) is 0 Å². The number of nitrogens with one attached hydrogen (secondary N) is 1. The van der Waals surface area contributed by atoms with Crippen molar-refractivity contribution in [1.29, 1.82) is 0 Å². The lowest BCUT2D eigenvalue weighted by atomic mass is 10.1. The molecule has 1 aliphatic carbocycles. The van der Waals surface area contributed by atoms with Crippen LogP contribution >= 0.6 is 23.2 Å². The molecular weight excluding hydrogens is 369 g/mol. The van der Waals surface area contributed by atoms with E-state index in [4.69, 9.17) is 27.9 Å². The molecule has 0 saturated carbocycles. The van der Waals surface area contributed by atoms with Crippen LogP contribution in [0.5, 0.6) is 5.75 Å². The monoisotopic (exact) mass is 385 g/mol. The van der Waals surface area contributed by atoms with Gasteiger partial charge in [0.2, 0.25) is 0 Å². The number of hydrogen-bond acceptors (Lipinski definition) is 4. The van der Waals surface area contributed by atoms with E-state index in [1.54, 1.807) is 30.3 Å². The van der Waals surface area contributed by atoms with Gasteiger partial charge >= 0.3 is 0 Å². The van der Waals surface area contributed by atoms with Crippen LogP contribution in [-0.2, 0) is 16.3 Å². The van der Waals surface area contributed by atoms with Crippen molar-refractivity contribution >= 4 is 33.0 Å². The number of fused-ring (bicyclic) bond motifs is 1. The zero-order chi connectivity index (χ0) is 17.5. The van der Waals surface area contributed by atoms with Gasteiger partial charge in [-0.1, -0.05) is 23.2 Å². The minimum Gasteiger partial charge on any atom is -0.484 e. The predicted octanol–water partition coefficient (Wildman–Crippen LogP) is 3.66. The number of ether oxygens (including phenoxy) is 1. The molecule has 0 bridgehead atoms. The highest BCUT2D eigenvalue weighted by Gasteiger charge is 2.35. The standard InChI is InChI=1S/C17H17Cl2NO3S/c1-20-16-9-13-14(7-10(18)8-15(13)19)17(16)23-11-3-5-12(6-4-11)24(2,21)22/h3-8,16-17,20H,9H2,1-2H3/t16-,17-/m0/s1. The van der Waals surface area contributed by atoms with E-state index in [0.29, 0.717) is 15.8 Å². The zero-order valence-electron chi connectivity index (χ0n) is 13.2. The molecule has 0 heterocycles. The Morgan fingerprint density at radius 3 is 2.42 bits per heavy atom. The second-order valence-corrected chi connectivity index (χ2v) is 8.70. The summed E-state index contributed by atoms with van der Waals surface area (Å²) in [6.45, 7) is 0. The van der Waals surface area contributed by atoms with Crippen LogP contribution in [0.2, 0.25) is 10.0 Å². The van der Waals surface area contributed by atoms with Gasteiger partial charge in [-0.3, -0.25) is 0 Å². The fourth-order valence-electron chi connectivity index (χ4n) is 2.95. The number of sulfone groups is 1. The lowest BCUT2D eigenvalue weighted by Gasteiger charge is -2.22. The van der Waals surface area contributed by atoms with E-state index < -0.39 is 9.84 Å². The summed E-state index contributed by atoms with van der Waals surface area (Å²) in [6, 6.07) is 10.1. The van der Waals surface area contributed by atoms with Crippen LogP contribution in [0.3, 0.4) is 0 Å². The number of halogens is 2. The normalized spacial score (nSPS) is 20.0. The van der Waals surface area contributed by atoms with Crippen molar-refractivity contribution in [3.63, 3.8) is 0 Å². The van der Waals surface area contributed by atoms with Crippen LogP contribution in [-0.4, -0.2) is 27.8 Å². The van der Waals surface area contributed by atoms with Gasteiger partial charge in [-0.05, 0) is 55.4 Å². The average molecular weight is 386 g/mol. The summed E-state index contributed by atoms with van der Waals surface area (Å²) in [7, 11) is -1.35. The first kappa shape index (κ1) is 17.5. The molecule has 1 N–H and O–H groups in total. The highest BCUT2D eigenvalue weighted by atomic mass is 35.5. The van der Waals surface area contributed by atoms with Crippen LogP contribution in [0.1, 0.15) is 17.2 Å². The largest absolute Gasteiger partial charge is 0.484 e. The Bertz CT molecular complexity index is 866. The topological polar surface area (TPSA) is 55.4 Å². The quantitative estimate of drug-likeness (QED) is 0.872. The van der Waals surface area contributed by atoms with E-state index in [-0.39, 0.29) is 17.0 Å². The summed E-state index contributed by atoms with van der Waals surface area (Å²) in [6.07, 6.45) is 1.68. The summed E-state index contributed by atoms with van der Waals surface area (Å²) in [5.74, 6) is 0.594. The SMILES string of the molecule is CN[C@H]1Cc2c(Cl)cc(Cl)cc2[C@@H]1Oc1ccc(S(C)(=O)=O)cc1. The van der Waals surface area contributed by atoms with Gasteiger partial charge in [-0.2, -0.15) is 0 Å². The third kappa shape index (κ3) is 3.40. The highest BCUT2D eigenvalue weighted by molar-refractivity contribution is 7.90. The number of hydrogen-bond donors (Lipinski definition) is 1. The maximum absolute atomic E-state index is 11.5. The minimum atomic E-state index is -3.22. The molecule has 0 spiro atoms. The molecular formula is C17H17Cl2NO3S. The number of likely N-dealkylation sites (N-methyl/N-ethyl adjacent to an activating group) is 1. The molecule has 2 aromatic rings. The van der Waals surface area contributed by atoms with Gasteiger partial charge in [0, 0.05) is 21.9 Å². The van der Waals surface area contributed by atoms with E-state index in [1.165, 1.54) is 6.26 Å². The van der Waals surface area contributed by atoms with Crippen molar-refractivity contribution in [2.75, 3.05) is 13.3 Å². The molecule has 24 heavy (non-hydrogen) atoms. The van der Waals surface area contributed by atoms with E-state index in [0.717, 1.165) is 17.5 Å². The lowest BCUT2D eigenvalue weighted by molar-refractivity contribution is 0.172. The Morgan fingerprint density at radius 1 is 1.17 bits per heavy atom. The number of rotatable bonds is 4. The van der Waals surface area contributed by atoms with E-state index in [9.17, 15) is 8.42 Å². The van der Waals surface area contributed by atoms with Crippen LogP contribution in [0.4, 0.5) is 0 Å². The Balaban J connectivity index is 1.92. The van der Waals surface area contributed by atoms with Crippen LogP contribution in [0.15, 0.2) is 41.3 Å². The molecule has 2 aromatic carbocycles. The maximum Gasteiger partial charge on any atom is 0.175 e. The minimum absolute atomic E-state index is 0.0607. The molecule has 0 aromatic heterocycles. The Kier molecular flexibility index (Phi) is 4.80. The molecule has 0 radical (unpaired) electrons. The molecule has 3 rings (SSSR count). The first-order chi connectivity index (χ1) is 11.3. The van der Waals surface area contributed by atoms with Gasteiger partial charge in [0.1, 0.15) is 11.9 Å². The van der Waals surface area contributed by atoms with Crippen molar-refractivity contribution in [2.45, 2.75) is 23.5 Å². The van der Waals surface area contributed by atoms with Crippen LogP contribution < -0.4 is 10.1 Å². The summed E-state index contributed by atoms with van der Waals surface area (Å²) >= 11 is 12.4. The first-order valence-electron chi connectivity index (χ1n) is 7.41. The third-order valence-corrected chi connectivity index (χ3v) is 5.86. The smallest absolute Gasteiger partial charge is 0.175 e. The van der Waals surface area contributed by atoms with Gasteiger partial charge < -0.3 is 10.1 Å². The fourth-order valence-corrected chi connectivity index (χ4v) is 4.16. The predicted molar refractivity (Wildman–Crippen MR) is 95.9 cm³/mol. The van der Waals surface area contributed by atoms with Gasteiger partial charge in [0.25, 0.3) is 0 Å². The summed E-state index contributed by atoms with van der Waals surface area (Å²) < 4.78 is 29.2. The molecule has 0 saturated heterocycles. The highest BCUT2D eigenvalue weighted by Crippen LogP contribution is 2.40. The number of benzene rings is 2. The van der Waals surface area contributed by atoms with E-state index >= 15 is 0 Å². The van der Waals surface area contributed by atoms with E-state index in [2.05, 4.69) is 5.32 Å². The van der Waals surface area contributed by atoms with Gasteiger partial charge in [0.05, 0.1) is 10.9 Å². The van der Waals surface area contributed by atoms with Gasteiger partial charge in [-0.25, -0.2) is 8.42 Å². The summed E-state index contributed by atoms with van der Waals surface area (Å²) in [4.78, 5) is 0.262. The van der Waals surface area contributed by atoms with Crippen molar-refractivity contribution in [3.05, 3.63) is 57.6 Å². The van der Waals surface area contributed by atoms with E-state index in [1.807, 2.05) is 13.1 Å². The molecule has 0 unspecified atom stereocenters. The average Bonchev–Trinajstić information content (AvgIpc) is 2.85. The Hall–Kier alpha value is -1.27. The third-order valence-electron chi connectivity index (χ3n) is 4.18. The Morgan fingerprint density at radius 2 is 1.83 bits per heavy atom. The van der Waals surface area contributed by atoms with Crippen molar-refractivity contribution in [1.82, 2.24) is 5.32 Å². The van der Waals surface area contributed by atoms with Crippen molar-refractivity contribution in [2.24, 2.45) is 0 Å². The zero-order valence-corrected chi connectivity index (χ0v) is 15.5. The van der Waals surface area contributed by atoms with Crippen LogP contribution in [0.25, 0.3) is 0 Å². The molecule has 7 heteroatoms. The van der Waals surface area contributed by atoms with Gasteiger partial charge in [-0.15, -0.1) is 0 Å². The van der Waals surface area contributed by atoms with Gasteiger partial charge in [0.15, 0.2) is 9.84 Å².